The summed E-state index contributed by atoms with van der Waals surface area (Å²) in [6.45, 7) is 10.4. The fourth-order valence-corrected chi connectivity index (χ4v) is 0.589. The molecule has 86 valence electrons. The van der Waals surface area contributed by atoms with Gasteiger partial charge in [0.15, 0.2) is 0 Å². The summed E-state index contributed by atoms with van der Waals surface area (Å²) in [7, 11) is 0. The average Bonchev–Trinajstić information content (AvgIpc) is 2.19. The fourth-order valence-electron chi connectivity index (χ4n) is 0.589. The van der Waals surface area contributed by atoms with Crippen molar-refractivity contribution in [2.75, 3.05) is 0 Å². The van der Waals surface area contributed by atoms with Gasteiger partial charge in [0, 0.05) is 0 Å². The molecule has 1 aromatic carbocycles. The second kappa shape index (κ2) is 20.1. The zero-order chi connectivity index (χ0) is 9.23. The second-order valence-electron chi connectivity index (χ2n) is 2.09. The largest absolute Gasteiger partial charge is 0.107 e. The van der Waals surface area contributed by atoms with Crippen LogP contribution in [0.3, 0.4) is 0 Å². The second-order valence-corrected chi connectivity index (χ2v) is 2.09. The maximum atomic E-state index is 3.63. The van der Waals surface area contributed by atoms with Crippen LogP contribution in [-0.4, -0.2) is 0 Å². The Kier molecular flexibility index (Phi) is 33.1. The first-order chi connectivity index (χ1) is 5.85. The first kappa shape index (κ1) is 24.7. The molecular formula is C12H17I3. The van der Waals surface area contributed by atoms with E-state index in [0.717, 1.165) is 0 Å². The van der Waals surface area contributed by atoms with E-state index in [4.69, 9.17) is 0 Å². The van der Waals surface area contributed by atoms with Crippen molar-refractivity contribution in [3.05, 3.63) is 67.8 Å². The van der Waals surface area contributed by atoms with Gasteiger partial charge in [-0.3, -0.25) is 0 Å². The van der Waals surface area contributed by atoms with Gasteiger partial charge in [0.1, 0.15) is 0 Å². The fraction of sp³-hybridized carbons (Fsp3) is 0. The van der Waals surface area contributed by atoms with Crippen LogP contribution in [0.5, 0.6) is 0 Å². The Hall–Kier alpha value is 0.630. The van der Waals surface area contributed by atoms with Crippen LogP contribution in [0.25, 0.3) is 6.08 Å². The Bertz CT molecular complexity index is 236. The Labute approximate surface area is 144 Å². The zero-order valence-corrected chi connectivity index (χ0v) is 15.5. The van der Waals surface area contributed by atoms with Gasteiger partial charge < -0.3 is 0 Å². The SMILES string of the molecule is C=CC=C.C=Cc1ccccc1.I.I.I. The lowest BCUT2D eigenvalue weighted by atomic mass is 10.2. The van der Waals surface area contributed by atoms with E-state index in [9.17, 15) is 0 Å². The topological polar surface area (TPSA) is 0 Å². The molecule has 0 bridgehead atoms. The van der Waals surface area contributed by atoms with E-state index in [1.54, 1.807) is 12.2 Å². The third-order valence-corrected chi connectivity index (χ3v) is 1.20. The van der Waals surface area contributed by atoms with E-state index in [1.807, 2.05) is 36.4 Å². The average molecular weight is 542 g/mol. The molecule has 0 radical (unpaired) electrons. The maximum Gasteiger partial charge on any atom is -0.0263 e. The van der Waals surface area contributed by atoms with E-state index in [2.05, 4.69) is 19.7 Å². The number of hydrogen-bond acceptors (Lipinski definition) is 0. The molecule has 0 atom stereocenters. The van der Waals surface area contributed by atoms with Crippen LogP contribution in [0.15, 0.2) is 62.2 Å². The van der Waals surface area contributed by atoms with Gasteiger partial charge in [-0.05, 0) is 5.56 Å². The van der Waals surface area contributed by atoms with Gasteiger partial charge in [0.25, 0.3) is 0 Å². The Morgan fingerprint density at radius 2 is 1.13 bits per heavy atom. The smallest absolute Gasteiger partial charge is 0.0263 e. The lowest BCUT2D eigenvalue weighted by molar-refractivity contribution is 1.67. The molecule has 1 aromatic rings. The number of rotatable bonds is 2. The van der Waals surface area contributed by atoms with Crippen molar-refractivity contribution in [3.8, 4) is 0 Å². The molecule has 0 aromatic heterocycles. The zero-order valence-electron chi connectivity index (χ0n) is 8.46. The highest BCUT2D eigenvalue weighted by Gasteiger charge is 1.75. The summed E-state index contributed by atoms with van der Waals surface area (Å²) in [4.78, 5) is 0. The third kappa shape index (κ3) is 17.3. The van der Waals surface area contributed by atoms with Gasteiger partial charge in [-0.25, -0.2) is 0 Å². The van der Waals surface area contributed by atoms with Crippen molar-refractivity contribution in [1.29, 1.82) is 0 Å². The molecule has 0 fully saturated rings. The van der Waals surface area contributed by atoms with Crippen molar-refractivity contribution >= 4 is 78.0 Å². The molecule has 0 aliphatic carbocycles. The minimum absolute atomic E-state index is 0. The Morgan fingerprint density at radius 3 is 1.33 bits per heavy atom. The molecule has 0 heterocycles. The first-order valence-electron chi connectivity index (χ1n) is 3.76. The highest BCUT2D eigenvalue weighted by Crippen LogP contribution is 1.97. The van der Waals surface area contributed by atoms with Crippen molar-refractivity contribution in [2.24, 2.45) is 0 Å². The molecule has 0 saturated carbocycles. The summed E-state index contributed by atoms with van der Waals surface area (Å²) in [5.41, 5.74) is 1.17. The monoisotopic (exact) mass is 542 g/mol. The lowest BCUT2D eigenvalue weighted by Crippen LogP contribution is -1.63. The molecule has 0 nitrogen and oxygen atoms in total. The Balaban J connectivity index is -0.0000000779. The third-order valence-electron chi connectivity index (χ3n) is 1.20. The summed E-state index contributed by atoms with van der Waals surface area (Å²) >= 11 is 0. The van der Waals surface area contributed by atoms with Gasteiger partial charge in [-0.1, -0.05) is 68.3 Å². The van der Waals surface area contributed by atoms with E-state index >= 15 is 0 Å². The lowest BCUT2D eigenvalue weighted by Gasteiger charge is -1.85. The van der Waals surface area contributed by atoms with Crippen LogP contribution in [0, 0.1) is 0 Å². The van der Waals surface area contributed by atoms with Crippen LogP contribution < -0.4 is 0 Å². The molecule has 0 aliphatic rings. The number of halogens is 3. The number of benzene rings is 1. The van der Waals surface area contributed by atoms with Gasteiger partial charge in [0.2, 0.25) is 0 Å². The predicted molar refractivity (Wildman–Crippen MR) is 103 cm³/mol. The van der Waals surface area contributed by atoms with Gasteiger partial charge in [-0.2, -0.15) is 0 Å². The van der Waals surface area contributed by atoms with Crippen LogP contribution in [0.2, 0.25) is 0 Å². The standard InChI is InChI=1S/C8H8.C4H6.3HI/c1-2-8-6-4-3-5-7-8;1-3-4-2;;;/h2-7H,1H2;3-4H,1-2H2;3*1H. The van der Waals surface area contributed by atoms with E-state index in [0.29, 0.717) is 0 Å². The van der Waals surface area contributed by atoms with Gasteiger partial charge >= 0.3 is 0 Å². The summed E-state index contributed by atoms with van der Waals surface area (Å²) in [6.07, 6.45) is 5.11. The molecule has 0 aliphatic heterocycles. The maximum absolute atomic E-state index is 3.63. The van der Waals surface area contributed by atoms with E-state index < -0.39 is 0 Å². The highest BCUT2D eigenvalue weighted by atomic mass is 127. The van der Waals surface area contributed by atoms with Crippen molar-refractivity contribution < 1.29 is 0 Å². The molecule has 3 heteroatoms. The molecule has 15 heavy (non-hydrogen) atoms. The quantitative estimate of drug-likeness (QED) is 0.341. The summed E-state index contributed by atoms with van der Waals surface area (Å²) < 4.78 is 0. The molecule has 0 unspecified atom stereocenters. The van der Waals surface area contributed by atoms with E-state index in [-0.39, 0.29) is 71.9 Å². The molecule has 0 amide bonds. The van der Waals surface area contributed by atoms with Crippen molar-refractivity contribution in [1.82, 2.24) is 0 Å². The number of allylic oxidation sites excluding steroid dienone is 2. The van der Waals surface area contributed by atoms with Gasteiger partial charge in [-0.15, -0.1) is 71.9 Å². The molecule has 0 spiro atoms. The van der Waals surface area contributed by atoms with Crippen LogP contribution in [-0.2, 0) is 0 Å². The number of hydrogen-bond donors (Lipinski definition) is 0. The first-order valence-corrected chi connectivity index (χ1v) is 3.76. The molecule has 0 saturated heterocycles. The summed E-state index contributed by atoms with van der Waals surface area (Å²) in [5.74, 6) is 0. The van der Waals surface area contributed by atoms with Crippen molar-refractivity contribution in [3.63, 3.8) is 0 Å². The summed E-state index contributed by atoms with van der Waals surface area (Å²) in [6, 6.07) is 10.0. The predicted octanol–water partition coefficient (Wildman–Crippen LogP) is 5.54. The van der Waals surface area contributed by atoms with Crippen LogP contribution in [0.4, 0.5) is 0 Å². The molecule has 0 N–H and O–H groups in total. The normalized spacial score (nSPS) is 5.87. The minimum atomic E-state index is 0. The van der Waals surface area contributed by atoms with Crippen LogP contribution >= 0.6 is 71.9 Å². The van der Waals surface area contributed by atoms with Gasteiger partial charge in [0.05, 0.1) is 0 Å². The highest BCUT2D eigenvalue weighted by molar-refractivity contribution is 14.0. The van der Waals surface area contributed by atoms with Crippen molar-refractivity contribution in [2.45, 2.75) is 0 Å². The Morgan fingerprint density at radius 1 is 0.733 bits per heavy atom. The minimum Gasteiger partial charge on any atom is -0.107 e. The van der Waals surface area contributed by atoms with E-state index in [1.165, 1.54) is 5.56 Å². The molecule has 1 rings (SSSR count). The summed E-state index contributed by atoms with van der Waals surface area (Å²) in [5, 5.41) is 0. The molecular weight excluding hydrogens is 525 g/mol. The van der Waals surface area contributed by atoms with Crippen LogP contribution in [0.1, 0.15) is 5.56 Å².